The monoisotopic (exact) mass is 429 g/mol. The summed E-state index contributed by atoms with van der Waals surface area (Å²) >= 11 is 0. The molecular formula is C21H27N5O5. The quantitative estimate of drug-likeness (QED) is 0.514. The number of carbonyl (C=O) groups is 1. The number of carbonyl (C=O) groups excluding carboxylic acids is 1. The van der Waals surface area contributed by atoms with E-state index in [2.05, 4.69) is 9.88 Å². The van der Waals surface area contributed by atoms with Crippen molar-refractivity contribution in [3.8, 4) is 6.01 Å². The number of imidazole rings is 1. The second-order valence-electron chi connectivity index (χ2n) is 8.48. The number of hydrogen-bond donors (Lipinski definition) is 0. The van der Waals surface area contributed by atoms with Gasteiger partial charge in [0.15, 0.2) is 0 Å². The first-order valence-corrected chi connectivity index (χ1v) is 10.4. The molecule has 3 heterocycles. The van der Waals surface area contributed by atoms with E-state index in [9.17, 15) is 14.9 Å². The maximum Gasteiger partial charge on any atom is 0.415 e. The van der Waals surface area contributed by atoms with Crippen LogP contribution < -0.4 is 4.74 Å². The second-order valence-corrected chi connectivity index (χ2v) is 8.48. The Kier molecular flexibility index (Phi) is 5.81. The maximum atomic E-state index is 12.4. The van der Waals surface area contributed by atoms with Crippen molar-refractivity contribution in [3.63, 3.8) is 0 Å². The molecular weight excluding hydrogens is 402 g/mol. The minimum Gasteiger partial charge on any atom is -0.445 e. The van der Waals surface area contributed by atoms with Gasteiger partial charge in [-0.05, 0) is 30.3 Å². The normalized spacial score (nSPS) is 21.4. The van der Waals surface area contributed by atoms with Crippen LogP contribution in [-0.2, 0) is 17.9 Å². The number of ether oxygens (including phenoxy) is 2. The zero-order chi connectivity index (χ0) is 22.0. The van der Waals surface area contributed by atoms with Crippen molar-refractivity contribution in [2.45, 2.75) is 44.6 Å². The van der Waals surface area contributed by atoms with Gasteiger partial charge in [-0.15, -0.1) is 0 Å². The third-order valence-electron chi connectivity index (χ3n) is 5.91. The molecule has 1 fully saturated rings. The molecule has 0 saturated carbocycles. The van der Waals surface area contributed by atoms with E-state index in [1.165, 1.54) is 6.20 Å². The zero-order valence-electron chi connectivity index (χ0n) is 17.8. The summed E-state index contributed by atoms with van der Waals surface area (Å²) in [6.07, 6.45) is 2.81. The molecule has 2 aliphatic heterocycles. The number of nitrogens with zero attached hydrogens (tertiary/aromatic N) is 5. The number of benzene rings is 1. The van der Waals surface area contributed by atoms with E-state index in [4.69, 9.17) is 9.47 Å². The van der Waals surface area contributed by atoms with E-state index < -0.39 is 10.5 Å². The van der Waals surface area contributed by atoms with E-state index in [1.54, 1.807) is 16.5 Å². The summed E-state index contributed by atoms with van der Waals surface area (Å²) in [5.74, 6) is -0.194. The molecule has 0 spiro atoms. The van der Waals surface area contributed by atoms with Gasteiger partial charge in [0.05, 0.1) is 6.54 Å². The van der Waals surface area contributed by atoms with Crippen LogP contribution in [0.2, 0.25) is 0 Å². The van der Waals surface area contributed by atoms with Gasteiger partial charge in [0, 0.05) is 37.7 Å². The molecule has 0 bridgehead atoms. The van der Waals surface area contributed by atoms with Crippen molar-refractivity contribution in [1.82, 2.24) is 19.4 Å². The van der Waals surface area contributed by atoms with E-state index in [0.29, 0.717) is 19.1 Å². The molecule has 31 heavy (non-hydrogen) atoms. The van der Waals surface area contributed by atoms with Crippen molar-refractivity contribution >= 4 is 11.9 Å². The average molecular weight is 429 g/mol. The molecule has 1 amide bonds. The second kappa shape index (κ2) is 8.54. The average Bonchev–Trinajstić information content (AvgIpc) is 3.28. The third kappa shape index (κ3) is 4.79. The zero-order valence-corrected chi connectivity index (χ0v) is 17.8. The van der Waals surface area contributed by atoms with Gasteiger partial charge in [-0.2, -0.15) is 0 Å². The largest absolute Gasteiger partial charge is 0.445 e. The highest BCUT2D eigenvalue weighted by Crippen LogP contribution is 2.32. The smallest absolute Gasteiger partial charge is 0.415 e. The predicted molar refractivity (Wildman–Crippen MR) is 112 cm³/mol. The van der Waals surface area contributed by atoms with E-state index in [-0.39, 0.29) is 24.6 Å². The van der Waals surface area contributed by atoms with Gasteiger partial charge in [0.2, 0.25) is 0 Å². The standard InChI is InChI=1S/C21H27N5O5/c1-21(15-25-12-18(26(28)29)22-19(25)31-21)14-24-10-8-17(9-11-24)23(2)20(27)30-13-16-6-4-3-5-7-16/h3-7,12,17H,8-11,13-15H2,1-2H3. The van der Waals surface area contributed by atoms with Crippen molar-refractivity contribution in [2.24, 2.45) is 0 Å². The van der Waals surface area contributed by atoms with Crippen LogP contribution in [0.25, 0.3) is 0 Å². The molecule has 4 rings (SSSR count). The number of piperidine rings is 1. The van der Waals surface area contributed by atoms with Crippen LogP contribution in [0, 0.1) is 10.1 Å². The lowest BCUT2D eigenvalue weighted by molar-refractivity contribution is -0.389. The Balaban J connectivity index is 1.23. The fraction of sp³-hybridized carbons (Fsp3) is 0.524. The SMILES string of the molecule is CN(C(=O)OCc1ccccc1)C1CCN(CC2(C)Cn3cc([N+](=O)[O-])nc3O2)CC1. The van der Waals surface area contributed by atoms with Crippen molar-refractivity contribution in [3.05, 3.63) is 52.2 Å². The molecule has 1 atom stereocenters. The van der Waals surface area contributed by atoms with Crippen LogP contribution in [0.4, 0.5) is 10.6 Å². The number of nitro groups is 1. The molecule has 1 aromatic carbocycles. The Morgan fingerprint density at radius 1 is 1.35 bits per heavy atom. The highest BCUT2D eigenvalue weighted by atomic mass is 16.6. The van der Waals surface area contributed by atoms with Crippen molar-refractivity contribution < 1.29 is 19.2 Å². The Labute approximate surface area is 180 Å². The summed E-state index contributed by atoms with van der Waals surface area (Å²) in [5, 5.41) is 10.9. The summed E-state index contributed by atoms with van der Waals surface area (Å²) in [5.41, 5.74) is 0.485. The summed E-state index contributed by atoms with van der Waals surface area (Å²) in [4.78, 5) is 30.7. The van der Waals surface area contributed by atoms with Crippen LogP contribution in [0.5, 0.6) is 6.01 Å². The van der Waals surface area contributed by atoms with Gasteiger partial charge >= 0.3 is 17.9 Å². The highest BCUT2D eigenvalue weighted by molar-refractivity contribution is 5.67. The van der Waals surface area contributed by atoms with Crippen LogP contribution in [-0.4, -0.2) is 68.7 Å². The van der Waals surface area contributed by atoms with E-state index in [1.807, 2.05) is 37.3 Å². The highest BCUT2D eigenvalue weighted by Gasteiger charge is 2.42. The molecule has 166 valence electrons. The maximum absolute atomic E-state index is 12.4. The Morgan fingerprint density at radius 3 is 2.71 bits per heavy atom. The number of likely N-dealkylation sites (tertiary alicyclic amines) is 1. The minimum atomic E-state index is -0.516. The number of rotatable bonds is 6. The van der Waals surface area contributed by atoms with E-state index in [0.717, 1.165) is 31.5 Å². The van der Waals surface area contributed by atoms with Gasteiger partial charge in [-0.25, -0.2) is 4.79 Å². The predicted octanol–water partition coefficient (Wildman–Crippen LogP) is 2.68. The molecule has 10 heteroatoms. The molecule has 2 aromatic rings. The van der Waals surface area contributed by atoms with Crippen LogP contribution >= 0.6 is 0 Å². The Hall–Kier alpha value is -3.14. The van der Waals surface area contributed by atoms with Gasteiger partial charge in [0.25, 0.3) is 0 Å². The van der Waals surface area contributed by atoms with Gasteiger partial charge < -0.3 is 24.5 Å². The lowest BCUT2D eigenvalue weighted by Gasteiger charge is -2.38. The van der Waals surface area contributed by atoms with Gasteiger partial charge in [-0.3, -0.25) is 9.47 Å². The van der Waals surface area contributed by atoms with Crippen molar-refractivity contribution in [1.29, 1.82) is 0 Å². The minimum absolute atomic E-state index is 0.134. The number of fused-ring (bicyclic) bond motifs is 1. The first-order chi connectivity index (χ1) is 14.8. The summed E-state index contributed by atoms with van der Waals surface area (Å²) in [6.45, 7) is 5.15. The van der Waals surface area contributed by atoms with Gasteiger partial charge in [0.1, 0.15) is 18.4 Å². The topological polar surface area (TPSA) is 103 Å². The van der Waals surface area contributed by atoms with Crippen LogP contribution in [0.1, 0.15) is 25.3 Å². The lowest BCUT2D eigenvalue weighted by Crippen LogP contribution is -2.51. The third-order valence-corrected chi connectivity index (χ3v) is 5.91. The number of hydrogen-bond acceptors (Lipinski definition) is 7. The Morgan fingerprint density at radius 2 is 2.06 bits per heavy atom. The fourth-order valence-corrected chi connectivity index (χ4v) is 4.27. The molecule has 1 saturated heterocycles. The van der Waals surface area contributed by atoms with Crippen LogP contribution in [0.3, 0.4) is 0 Å². The van der Waals surface area contributed by atoms with E-state index >= 15 is 0 Å². The molecule has 2 aliphatic rings. The molecule has 0 N–H and O–H groups in total. The molecule has 0 radical (unpaired) electrons. The molecule has 0 aliphatic carbocycles. The van der Waals surface area contributed by atoms with Crippen LogP contribution in [0.15, 0.2) is 36.5 Å². The molecule has 1 aromatic heterocycles. The summed E-state index contributed by atoms with van der Waals surface area (Å²) in [7, 11) is 1.79. The first-order valence-electron chi connectivity index (χ1n) is 10.4. The Bertz CT molecular complexity index is 915. The molecule has 1 unspecified atom stereocenters. The summed E-state index contributed by atoms with van der Waals surface area (Å²) < 4.78 is 13.1. The number of amides is 1. The van der Waals surface area contributed by atoms with Gasteiger partial charge in [-0.1, -0.05) is 30.3 Å². The molecule has 10 nitrogen and oxygen atoms in total. The number of aromatic nitrogens is 2. The summed E-state index contributed by atoms with van der Waals surface area (Å²) in [6, 6.07) is 10.1. The first kappa shape index (κ1) is 21.1. The fourth-order valence-electron chi connectivity index (χ4n) is 4.27. The lowest BCUT2D eigenvalue weighted by atomic mass is 10.0. The van der Waals surface area contributed by atoms with Crippen molar-refractivity contribution in [2.75, 3.05) is 26.7 Å².